The highest BCUT2D eigenvalue weighted by Gasteiger charge is 2.33. The van der Waals surface area contributed by atoms with E-state index in [2.05, 4.69) is 10.2 Å². The van der Waals surface area contributed by atoms with Gasteiger partial charge in [0.2, 0.25) is 0 Å². The second-order valence-corrected chi connectivity index (χ2v) is 4.93. The van der Waals surface area contributed by atoms with Crippen LogP contribution in [0.2, 0.25) is 0 Å². The molecule has 116 valence electrons. The van der Waals surface area contributed by atoms with Gasteiger partial charge in [-0.05, 0) is 36.2 Å². The normalized spacial score (nSPS) is 14.9. The molecule has 2 aromatic rings. The van der Waals surface area contributed by atoms with Crippen LogP contribution in [0.4, 0.5) is 27.8 Å². The van der Waals surface area contributed by atoms with Crippen molar-refractivity contribution in [3.8, 4) is 0 Å². The SMILES string of the molecule is Fc1ccc(F)c2c1CCN(c1ccc(C(F)(F)F)nn1)C2. The Morgan fingerprint density at radius 1 is 0.909 bits per heavy atom. The minimum atomic E-state index is -4.56. The smallest absolute Gasteiger partial charge is 0.350 e. The number of nitrogens with zero attached hydrogens (tertiary/aromatic N) is 3. The summed E-state index contributed by atoms with van der Waals surface area (Å²) in [6.45, 7) is 0.367. The summed E-state index contributed by atoms with van der Waals surface area (Å²) in [5.41, 5.74) is -0.588. The predicted octanol–water partition coefficient (Wildman–Crippen LogP) is 3.34. The fraction of sp³-hybridized carbons (Fsp3) is 0.286. The molecule has 0 saturated carbocycles. The van der Waals surface area contributed by atoms with Gasteiger partial charge in [-0.25, -0.2) is 8.78 Å². The van der Waals surface area contributed by atoms with Crippen molar-refractivity contribution in [2.75, 3.05) is 11.4 Å². The molecule has 1 aliphatic rings. The number of rotatable bonds is 1. The van der Waals surface area contributed by atoms with Gasteiger partial charge in [0.05, 0.1) is 0 Å². The van der Waals surface area contributed by atoms with Crippen molar-refractivity contribution in [1.82, 2.24) is 10.2 Å². The van der Waals surface area contributed by atoms with Crippen molar-refractivity contribution in [2.24, 2.45) is 0 Å². The third-order valence-corrected chi connectivity index (χ3v) is 3.56. The molecule has 0 radical (unpaired) electrons. The lowest BCUT2D eigenvalue weighted by atomic mass is 9.98. The lowest BCUT2D eigenvalue weighted by Crippen LogP contribution is -2.32. The number of hydrogen-bond acceptors (Lipinski definition) is 3. The second kappa shape index (κ2) is 5.19. The molecule has 0 atom stereocenters. The topological polar surface area (TPSA) is 29.0 Å². The molecule has 0 bridgehead atoms. The van der Waals surface area contributed by atoms with Gasteiger partial charge in [0.25, 0.3) is 0 Å². The van der Waals surface area contributed by atoms with Crippen LogP contribution in [0, 0.1) is 11.6 Å². The van der Waals surface area contributed by atoms with Gasteiger partial charge in [-0.1, -0.05) is 0 Å². The maximum Gasteiger partial charge on any atom is 0.435 e. The number of alkyl halides is 3. The van der Waals surface area contributed by atoms with E-state index in [9.17, 15) is 22.0 Å². The van der Waals surface area contributed by atoms with Crippen LogP contribution in [0.15, 0.2) is 24.3 Å². The molecule has 0 saturated heterocycles. The fourth-order valence-electron chi connectivity index (χ4n) is 2.43. The van der Waals surface area contributed by atoms with Gasteiger partial charge in [0.15, 0.2) is 11.5 Å². The van der Waals surface area contributed by atoms with Crippen molar-refractivity contribution in [1.29, 1.82) is 0 Å². The number of anilines is 1. The van der Waals surface area contributed by atoms with Crippen molar-refractivity contribution in [2.45, 2.75) is 19.1 Å². The molecule has 1 aromatic carbocycles. The van der Waals surface area contributed by atoms with Crippen LogP contribution in [0.25, 0.3) is 0 Å². The first-order chi connectivity index (χ1) is 10.4. The molecule has 0 unspecified atom stereocenters. The number of fused-ring (bicyclic) bond motifs is 1. The number of halogens is 5. The summed E-state index contributed by atoms with van der Waals surface area (Å²) in [4.78, 5) is 1.57. The fourth-order valence-corrected chi connectivity index (χ4v) is 2.43. The molecule has 0 aliphatic carbocycles. The summed E-state index contributed by atoms with van der Waals surface area (Å²) >= 11 is 0. The Labute approximate surface area is 122 Å². The molecule has 0 fully saturated rings. The number of benzene rings is 1. The van der Waals surface area contributed by atoms with E-state index in [1.807, 2.05) is 0 Å². The Morgan fingerprint density at radius 2 is 1.59 bits per heavy atom. The third kappa shape index (κ3) is 2.60. The summed E-state index contributed by atoms with van der Waals surface area (Å²) in [5.74, 6) is -0.821. The van der Waals surface area contributed by atoms with Gasteiger partial charge < -0.3 is 4.90 Å². The van der Waals surface area contributed by atoms with E-state index in [0.717, 1.165) is 18.2 Å². The molecule has 3 nitrogen and oxygen atoms in total. The zero-order chi connectivity index (χ0) is 15.9. The maximum absolute atomic E-state index is 13.8. The Hall–Kier alpha value is -2.25. The van der Waals surface area contributed by atoms with Crippen LogP contribution < -0.4 is 4.90 Å². The monoisotopic (exact) mass is 315 g/mol. The Kier molecular flexibility index (Phi) is 3.46. The first-order valence-corrected chi connectivity index (χ1v) is 6.48. The molecule has 8 heteroatoms. The maximum atomic E-state index is 13.8. The van der Waals surface area contributed by atoms with Gasteiger partial charge in [-0.2, -0.15) is 13.2 Å². The standard InChI is InChI=1S/C14H10F5N3/c15-10-1-2-11(16)9-7-22(6-5-8(9)10)13-4-3-12(20-21-13)14(17,18)19/h1-4H,5-7H2. The van der Waals surface area contributed by atoms with Crippen molar-refractivity contribution >= 4 is 5.82 Å². The Balaban J connectivity index is 1.87. The molecule has 22 heavy (non-hydrogen) atoms. The van der Waals surface area contributed by atoms with Crippen LogP contribution in [-0.2, 0) is 19.1 Å². The summed E-state index contributed by atoms with van der Waals surface area (Å²) in [6.07, 6.45) is -4.31. The zero-order valence-electron chi connectivity index (χ0n) is 11.2. The van der Waals surface area contributed by atoms with Crippen molar-refractivity contribution in [3.63, 3.8) is 0 Å². The molecular weight excluding hydrogens is 305 g/mol. The van der Waals surface area contributed by atoms with E-state index in [0.29, 0.717) is 12.1 Å². The molecule has 0 N–H and O–H groups in total. The summed E-state index contributed by atoms with van der Waals surface area (Å²) in [6, 6.07) is 4.11. The molecule has 0 amide bonds. The summed E-state index contributed by atoms with van der Waals surface area (Å²) < 4.78 is 64.8. The minimum absolute atomic E-state index is 0.0406. The highest BCUT2D eigenvalue weighted by molar-refractivity contribution is 5.44. The quantitative estimate of drug-likeness (QED) is 0.756. The van der Waals surface area contributed by atoms with E-state index in [-0.39, 0.29) is 24.3 Å². The van der Waals surface area contributed by atoms with Gasteiger partial charge in [0, 0.05) is 18.7 Å². The summed E-state index contributed by atoms with van der Waals surface area (Å²) in [5, 5.41) is 6.67. The van der Waals surface area contributed by atoms with Gasteiger partial charge >= 0.3 is 6.18 Å². The third-order valence-electron chi connectivity index (χ3n) is 3.56. The molecule has 3 rings (SSSR count). The first kappa shape index (κ1) is 14.7. The predicted molar refractivity (Wildman–Crippen MR) is 68.1 cm³/mol. The van der Waals surface area contributed by atoms with Crippen LogP contribution in [0.3, 0.4) is 0 Å². The van der Waals surface area contributed by atoms with E-state index >= 15 is 0 Å². The lowest BCUT2D eigenvalue weighted by molar-refractivity contribution is -0.141. The number of hydrogen-bond donors (Lipinski definition) is 0. The van der Waals surface area contributed by atoms with E-state index in [1.54, 1.807) is 4.90 Å². The average Bonchev–Trinajstić information content (AvgIpc) is 2.50. The first-order valence-electron chi connectivity index (χ1n) is 6.48. The van der Waals surface area contributed by atoms with Gasteiger partial charge in [0.1, 0.15) is 11.6 Å². The molecule has 1 aromatic heterocycles. The molecule has 1 aliphatic heterocycles. The van der Waals surface area contributed by atoms with Crippen LogP contribution >= 0.6 is 0 Å². The number of aromatic nitrogens is 2. The second-order valence-electron chi connectivity index (χ2n) is 4.93. The Morgan fingerprint density at radius 3 is 2.18 bits per heavy atom. The van der Waals surface area contributed by atoms with Crippen LogP contribution in [0.1, 0.15) is 16.8 Å². The van der Waals surface area contributed by atoms with Gasteiger partial charge in [-0.15, -0.1) is 10.2 Å². The molecular formula is C14H10F5N3. The van der Waals surface area contributed by atoms with Crippen molar-refractivity contribution in [3.05, 3.63) is 52.7 Å². The minimum Gasteiger partial charge on any atom is -0.350 e. The van der Waals surface area contributed by atoms with E-state index in [1.165, 1.54) is 6.07 Å². The lowest BCUT2D eigenvalue weighted by Gasteiger charge is -2.29. The highest BCUT2D eigenvalue weighted by Crippen LogP contribution is 2.30. The van der Waals surface area contributed by atoms with Gasteiger partial charge in [-0.3, -0.25) is 0 Å². The molecule has 0 spiro atoms. The largest absolute Gasteiger partial charge is 0.435 e. The van der Waals surface area contributed by atoms with Crippen LogP contribution in [0.5, 0.6) is 0 Å². The van der Waals surface area contributed by atoms with Crippen LogP contribution in [-0.4, -0.2) is 16.7 Å². The van der Waals surface area contributed by atoms with E-state index < -0.39 is 23.5 Å². The highest BCUT2D eigenvalue weighted by atomic mass is 19.4. The molecule has 2 heterocycles. The average molecular weight is 315 g/mol. The Bertz CT molecular complexity index is 697. The zero-order valence-corrected chi connectivity index (χ0v) is 11.2. The van der Waals surface area contributed by atoms with E-state index in [4.69, 9.17) is 0 Å². The summed E-state index contributed by atoms with van der Waals surface area (Å²) in [7, 11) is 0. The van der Waals surface area contributed by atoms with Crippen molar-refractivity contribution < 1.29 is 22.0 Å².